The van der Waals surface area contributed by atoms with Crippen molar-refractivity contribution in [2.75, 3.05) is 62.4 Å². The van der Waals surface area contributed by atoms with Gasteiger partial charge in [-0.05, 0) is 73.8 Å². The molecule has 294 valence electrons. The second-order valence-electron chi connectivity index (χ2n) is 14.5. The first-order valence-corrected chi connectivity index (χ1v) is 18.3. The summed E-state index contributed by atoms with van der Waals surface area (Å²) in [4.78, 5) is 43.9. The van der Waals surface area contributed by atoms with Gasteiger partial charge in [0.2, 0.25) is 5.75 Å². The summed E-state index contributed by atoms with van der Waals surface area (Å²) in [5.74, 6) is 0.535. The number of piperidine rings is 1. The summed E-state index contributed by atoms with van der Waals surface area (Å²) in [6.45, 7) is 11.2. The number of carbonyl (C=O) groups excluding carboxylic acids is 3. The minimum atomic E-state index is -0.670. The topological polar surface area (TPSA) is 144 Å². The number of benzene rings is 2. The normalized spacial score (nSPS) is 23.1. The van der Waals surface area contributed by atoms with Crippen molar-refractivity contribution < 1.29 is 52.3 Å². The predicted molar refractivity (Wildman–Crippen MR) is 201 cm³/mol. The van der Waals surface area contributed by atoms with Gasteiger partial charge in [0.1, 0.15) is 18.0 Å². The molecular weight excluding hydrogens is 696 g/mol. The number of aromatic nitrogens is 1. The lowest BCUT2D eigenvalue weighted by Crippen LogP contribution is -2.58. The molecule has 1 aliphatic carbocycles. The maximum absolute atomic E-state index is 13.5. The highest BCUT2D eigenvalue weighted by Crippen LogP contribution is 2.51. The van der Waals surface area contributed by atoms with Gasteiger partial charge in [-0.15, -0.1) is 0 Å². The molecule has 13 heteroatoms. The Morgan fingerprint density at radius 1 is 0.944 bits per heavy atom. The molecule has 6 atom stereocenters. The molecule has 0 unspecified atom stereocenters. The Morgan fingerprint density at radius 3 is 2.22 bits per heavy atom. The highest BCUT2D eigenvalue weighted by Gasteiger charge is 2.54. The maximum atomic E-state index is 13.5. The summed E-state index contributed by atoms with van der Waals surface area (Å²) in [6, 6.07) is 9.40. The van der Waals surface area contributed by atoms with Crippen molar-refractivity contribution in [1.82, 2.24) is 9.88 Å². The van der Waals surface area contributed by atoms with Crippen LogP contribution in [0.1, 0.15) is 61.3 Å². The number of rotatable bonds is 11. The van der Waals surface area contributed by atoms with Crippen molar-refractivity contribution >= 4 is 28.8 Å². The van der Waals surface area contributed by atoms with E-state index >= 15 is 0 Å². The number of methoxy groups -OCH3 is 6. The van der Waals surface area contributed by atoms with E-state index < -0.39 is 24.1 Å². The molecule has 3 aromatic rings. The molecule has 0 spiro atoms. The van der Waals surface area contributed by atoms with Crippen LogP contribution in [-0.2, 0) is 35.0 Å². The number of hydrogen-bond acceptors (Lipinski definition) is 12. The molecule has 1 aromatic heterocycles. The summed E-state index contributed by atoms with van der Waals surface area (Å²) in [7, 11) is 9.10. The molecule has 2 aromatic carbocycles. The van der Waals surface area contributed by atoms with Crippen LogP contribution in [0.15, 0.2) is 42.5 Å². The number of carbonyl (C=O) groups is 3. The van der Waals surface area contributed by atoms with E-state index in [0.717, 1.165) is 37.2 Å². The largest absolute Gasteiger partial charge is 0.497 e. The summed E-state index contributed by atoms with van der Waals surface area (Å²) in [5, 5.41) is 1.21. The summed E-state index contributed by atoms with van der Waals surface area (Å²) < 4.78 is 43.9. The number of aromatic amines is 1. The molecule has 1 saturated heterocycles. The Kier molecular flexibility index (Phi) is 13.2. The van der Waals surface area contributed by atoms with Gasteiger partial charge in [-0.3, -0.25) is 9.69 Å². The van der Waals surface area contributed by atoms with Crippen LogP contribution in [0, 0.1) is 23.7 Å². The Balaban J connectivity index is 0.000000493. The smallest absolute Gasteiger partial charge is 0.338 e. The fraction of sp³-hybridized carbons (Fsp3) is 0.537. The van der Waals surface area contributed by atoms with Crippen LogP contribution in [0.2, 0.25) is 0 Å². The van der Waals surface area contributed by atoms with Gasteiger partial charge in [0.25, 0.3) is 0 Å². The highest BCUT2D eigenvalue weighted by molar-refractivity contribution is 5.91. The molecule has 54 heavy (non-hydrogen) atoms. The first kappa shape index (κ1) is 40.4. The number of nitrogens with zero attached hydrogens (tertiary/aromatic N) is 1. The van der Waals surface area contributed by atoms with Gasteiger partial charge in [-0.1, -0.05) is 20.4 Å². The van der Waals surface area contributed by atoms with Gasteiger partial charge in [0.05, 0.1) is 59.7 Å². The molecule has 6 rings (SSSR count). The number of fused-ring (bicyclic) bond motifs is 6. The van der Waals surface area contributed by atoms with E-state index in [0.29, 0.717) is 41.8 Å². The average molecular weight is 751 g/mol. The van der Waals surface area contributed by atoms with E-state index in [1.807, 2.05) is 26.0 Å². The van der Waals surface area contributed by atoms with Gasteiger partial charge in [0, 0.05) is 48.4 Å². The molecule has 13 nitrogen and oxygen atoms in total. The zero-order chi connectivity index (χ0) is 39.3. The van der Waals surface area contributed by atoms with Crippen molar-refractivity contribution in [3.8, 4) is 23.0 Å². The summed E-state index contributed by atoms with van der Waals surface area (Å²) >= 11 is 0. The van der Waals surface area contributed by atoms with Crippen LogP contribution in [0.25, 0.3) is 10.9 Å². The van der Waals surface area contributed by atoms with E-state index in [9.17, 15) is 14.4 Å². The molecule has 0 radical (unpaired) electrons. The highest BCUT2D eigenvalue weighted by atomic mass is 16.6. The van der Waals surface area contributed by atoms with Gasteiger partial charge in [0.15, 0.2) is 11.5 Å². The zero-order valence-electron chi connectivity index (χ0n) is 32.8. The molecule has 3 heterocycles. The predicted octanol–water partition coefficient (Wildman–Crippen LogP) is 5.93. The third-order valence-corrected chi connectivity index (χ3v) is 10.7. The van der Waals surface area contributed by atoms with E-state index in [2.05, 4.69) is 22.5 Å². The Bertz CT molecular complexity index is 1810. The lowest BCUT2D eigenvalue weighted by Gasteiger charge is -2.52. The number of hydrogen-bond donors (Lipinski definition) is 1. The van der Waals surface area contributed by atoms with Crippen LogP contribution in [0.5, 0.6) is 23.0 Å². The third-order valence-electron chi connectivity index (χ3n) is 10.7. The van der Waals surface area contributed by atoms with Crippen molar-refractivity contribution in [1.29, 1.82) is 0 Å². The SMILES string of the molecule is C=C(C)C(=O)OCC(C)C.COC(=O)[C@H]1[C@H]2C[C@@H]3c4[nH]c5cc(OC)ccc5c4CCN3C[C@H]2C[C@@H](OC(=O)c2cc(OC)c(OC)c(OC)c2)[C@@H]1OC. The van der Waals surface area contributed by atoms with Gasteiger partial charge in [-0.25, -0.2) is 9.59 Å². The molecular formula is C41H54N2O11. The van der Waals surface area contributed by atoms with E-state index in [4.69, 9.17) is 37.9 Å². The number of esters is 3. The standard InChI is InChI=1S/C33H40N2O9.C8H14O2/c1-38-19-7-8-20-21-9-10-35-16-18-13-27(44-32(36)17-11-25(39-2)30(41-4)26(12-17)40-3)31(42-5)28(33(37)43-6)22(18)15-24(35)29(21)34-23(20)14-19;1-6(2)5-10-8(9)7(3)4/h7-8,11-12,14,18,22,24,27-28,31,34H,9-10,13,15-16H2,1-6H3;6H,3,5H2,1-2,4H3/t18-,22+,24-,27-,28+,31+;/m1./s1. The van der Waals surface area contributed by atoms with Crippen molar-refractivity contribution in [2.45, 2.75) is 58.3 Å². The zero-order valence-corrected chi connectivity index (χ0v) is 32.8. The summed E-state index contributed by atoms with van der Waals surface area (Å²) in [6.07, 6.45) is 0.920. The molecule has 1 N–H and O–H groups in total. The third kappa shape index (κ3) is 8.32. The minimum Gasteiger partial charge on any atom is -0.497 e. The second-order valence-corrected chi connectivity index (χ2v) is 14.5. The molecule has 2 aliphatic heterocycles. The quantitative estimate of drug-likeness (QED) is 0.141. The summed E-state index contributed by atoms with van der Waals surface area (Å²) in [5.41, 5.74) is 4.29. The molecule has 0 amide bonds. The first-order chi connectivity index (χ1) is 25.9. The van der Waals surface area contributed by atoms with Crippen molar-refractivity contribution in [3.05, 3.63) is 59.3 Å². The number of nitrogens with one attached hydrogen (secondary N) is 1. The molecule has 3 aliphatic rings. The molecule has 1 saturated carbocycles. The van der Waals surface area contributed by atoms with E-state index in [1.165, 1.54) is 45.1 Å². The minimum absolute atomic E-state index is 0.0170. The second kappa shape index (κ2) is 17.6. The van der Waals surface area contributed by atoms with Crippen LogP contribution < -0.4 is 18.9 Å². The van der Waals surface area contributed by atoms with Gasteiger partial charge in [-0.2, -0.15) is 0 Å². The Labute approximate surface area is 317 Å². The van der Waals surface area contributed by atoms with Crippen molar-refractivity contribution in [3.63, 3.8) is 0 Å². The monoisotopic (exact) mass is 750 g/mol. The Morgan fingerprint density at radius 2 is 1.65 bits per heavy atom. The fourth-order valence-corrected chi connectivity index (χ4v) is 8.13. The molecule has 0 bridgehead atoms. The first-order valence-electron chi connectivity index (χ1n) is 18.3. The lowest BCUT2D eigenvalue weighted by atomic mass is 9.63. The Hall–Kier alpha value is -4.75. The lowest BCUT2D eigenvalue weighted by molar-refractivity contribution is -0.176. The van der Waals surface area contributed by atoms with Crippen LogP contribution in [-0.4, -0.2) is 102 Å². The average Bonchev–Trinajstić information content (AvgIpc) is 3.56. The number of ether oxygens (including phenoxy) is 8. The van der Waals surface area contributed by atoms with Crippen LogP contribution in [0.4, 0.5) is 0 Å². The van der Waals surface area contributed by atoms with Gasteiger partial charge >= 0.3 is 17.9 Å². The van der Waals surface area contributed by atoms with Gasteiger partial charge < -0.3 is 42.9 Å². The van der Waals surface area contributed by atoms with Crippen LogP contribution in [0.3, 0.4) is 0 Å². The molecule has 2 fully saturated rings. The maximum Gasteiger partial charge on any atom is 0.338 e. The fourth-order valence-electron chi connectivity index (χ4n) is 8.13. The van der Waals surface area contributed by atoms with Crippen LogP contribution >= 0.6 is 0 Å². The van der Waals surface area contributed by atoms with E-state index in [-0.39, 0.29) is 35.4 Å². The number of H-pyrrole nitrogens is 1. The van der Waals surface area contributed by atoms with E-state index in [1.54, 1.807) is 33.3 Å². The van der Waals surface area contributed by atoms with Crippen molar-refractivity contribution in [2.24, 2.45) is 23.7 Å².